The number of amides is 2. The molecule has 2 N–H and O–H groups in total. The molecule has 17 heavy (non-hydrogen) atoms. The summed E-state index contributed by atoms with van der Waals surface area (Å²) in [5.74, 6) is -0.526. The van der Waals surface area contributed by atoms with Crippen LogP contribution in [0.3, 0.4) is 0 Å². The van der Waals surface area contributed by atoms with Crippen LogP contribution < -0.4 is 10.8 Å². The van der Waals surface area contributed by atoms with Crippen molar-refractivity contribution >= 4 is 6.03 Å². The van der Waals surface area contributed by atoms with Gasteiger partial charge in [-0.1, -0.05) is 12.8 Å². The molecule has 0 aliphatic heterocycles. The van der Waals surface area contributed by atoms with Gasteiger partial charge in [-0.3, -0.25) is 4.84 Å². The van der Waals surface area contributed by atoms with Gasteiger partial charge in [-0.25, -0.2) is 10.3 Å². The van der Waals surface area contributed by atoms with E-state index in [1.807, 2.05) is 10.8 Å². The van der Waals surface area contributed by atoms with Gasteiger partial charge in [0.1, 0.15) is 6.04 Å². The van der Waals surface area contributed by atoms with Crippen molar-refractivity contribution in [2.75, 3.05) is 6.61 Å². The molecule has 1 rings (SSSR count). The first-order valence-corrected chi connectivity index (χ1v) is 5.70. The van der Waals surface area contributed by atoms with Gasteiger partial charge in [0.15, 0.2) is 0 Å². The van der Waals surface area contributed by atoms with E-state index in [0.29, 0.717) is 12.8 Å². The van der Waals surface area contributed by atoms with Crippen LogP contribution in [0.1, 0.15) is 32.6 Å². The van der Waals surface area contributed by atoms with Crippen molar-refractivity contribution in [2.45, 2.75) is 44.8 Å². The molecule has 0 aromatic heterocycles. The first-order valence-electron chi connectivity index (χ1n) is 5.70. The maximum atomic E-state index is 12.8. The number of hydroxylamine groups is 1. The van der Waals surface area contributed by atoms with Crippen molar-refractivity contribution in [1.82, 2.24) is 10.8 Å². The Kier molecular flexibility index (Phi) is 5.04. The summed E-state index contributed by atoms with van der Waals surface area (Å²) in [7, 11) is 0. The van der Waals surface area contributed by atoms with E-state index in [-0.39, 0.29) is 6.61 Å². The summed E-state index contributed by atoms with van der Waals surface area (Å²) in [5, 5.41) is 1.93. The van der Waals surface area contributed by atoms with E-state index in [0.717, 1.165) is 12.8 Å². The Bertz CT molecular complexity index is 252. The number of urea groups is 1. The van der Waals surface area contributed by atoms with E-state index >= 15 is 0 Å². The van der Waals surface area contributed by atoms with Crippen molar-refractivity contribution in [1.29, 1.82) is 0 Å². The molecule has 1 aliphatic carbocycles. The van der Waals surface area contributed by atoms with E-state index in [1.54, 1.807) is 6.92 Å². The molecule has 0 bridgehead atoms. The van der Waals surface area contributed by atoms with Crippen LogP contribution in [-0.4, -0.2) is 24.9 Å². The first kappa shape index (κ1) is 14.1. The van der Waals surface area contributed by atoms with E-state index in [2.05, 4.69) is 4.84 Å². The highest BCUT2D eigenvalue weighted by molar-refractivity contribution is 5.73. The fourth-order valence-electron chi connectivity index (χ4n) is 2.07. The molecule has 0 spiro atoms. The van der Waals surface area contributed by atoms with Gasteiger partial charge < -0.3 is 5.32 Å². The monoisotopic (exact) mass is 254 g/mol. The summed E-state index contributed by atoms with van der Waals surface area (Å²) in [4.78, 5) is 15.7. The molecule has 100 valence electrons. The van der Waals surface area contributed by atoms with E-state index in [1.165, 1.54) is 0 Å². The molecular formula is C10H17F3N2O2. The SMILES string of the molecule is CCONC(=O)N[C@H](C1CCCC1)C(F)(F)F. The smallest absolute Gasteiger partial charge is 0.324 e. The van der Waals surface area contributed by atoms with Crippen molar-refractivity contribution < 1.29 is 22.8 Å². The average Bonchev–Trinajstić information content (AvgIpc) is 2.74. The lowest BCUT2D eigenvalue weighted by molar-refractivity contribution is -0.165. The number of alkyl halides is 3. The minimum Gasteiger partial charge on any atom is -0.324 e. The largest absolute Gasteiger partial charge is 0.408 e. The lowest BCUT2D eigenvalue weighted by atomic mass is 9.98. The third-order valence-electron chi connectivity index (χ3n) is 2.82. The van der Waals surface area contributed by atoms with Crippen LogP contribution in [0.5, 0.6) is 0 Å². The van der Waals surface area contributed by atoms with Gasteiger partial charge in [-0.2, -0.15) is 13.2 Å². The number of carbonyl (C=O) groups is 1. The highest BCUT2D eigenvalue weighted by Gasteiger charge is 2.46. The predicted octanol–water partition coefficient (Wildman–Crippen LogP) is 2.36. The minimum atomic E-state index is -4.42. The highest BCUT2D eigenvalue weighted by atomic mass is 19.4. The average molecular weight is 254 g/mol. The summed E-state index contributed by atoms with van der Waals surface area (Å²) in [6, 6.07) is -2.73. The van der Waals surface area contributed by atoms with Gasteiger partial charge >= 0.3 is 12.2 Å². The maximum Gasteiger partial charge on any atom is 0.408 e. The molecule has 7 heteroatoms. The maximum absolute atomic E-state index is 12.8. The zero-order valence-corrected chi connectivity index (χ0v) is 9.64. The van der Waals surface area contributed by atoms with E-state index in [9.17, 15) is 18.0 Å². The van der Waals surface area contributed by atoms with Crippen molar-refractivity contribution in [3.63, 3.8) is 0 Å². The number of halogens is 3. The zero-order valence-electron chi connectivity index (χ0n) is 9.64. The van der Waals surface area contributed by atoms with Crippen molar-refractivity contribution in [2.24, 2.45) is 5.92 Å². The summed E-state index contributed by atoms with van der Waals surface area (Å²) < 4.78 is 38.3. The fourth-order valence-corrected chi connectivity index (χ4v) is 2.07. The molecule has 1 aliphatic rings. The number of hydrogen-bond donors (Lipinski definition) is 2. The molecule has 2 amide bonds. The topological polar surface area (TPSA) is 50.4 Å². The van der Waals surface area contributed by atoms with Crippen LogP contribution in [0.25, 0.3) is 0 Å². The lowest BCUT2D eigenvalue weighted by Gasteiger charge is -2.26. The Balaban J connectivity index is 2.54. The van der Waals surface area contributed by atoms with Crippen molar-refractivity contribution in [3.8, 4) is 0 Å². The third-order valence-corrected chi connectivity index (χ3v) is 2.82. The second-order valence-electron chi connectivity index (χ2n) is 4.07. The summed E-state index contributed by atoms with van der Waals surface area (Å²) >= 11 is 0. The molecule has 0 aromatic rings. The molecule has 0 radical (unpaired) electrons. The number of carbonyl (C=O) groups excluding carboxylic acids is 1. The minimum absolute atomic E-state index is 0.202. The Labute approximate surface area is 97.8 Å². The van der Waals surface area contributed by atoms with Crippen LogP contribution in [0.15, 0.2) is 0 Å². The Hall–Kier alpha value is -0.980. The Morgan fingerprint density at radius 1 is 1.41 bits per heavy atom. The molecule has 1 atom stereocenters. The number of hydrogen-bond acceptors (Lipinski definition) is 2. The standard InChI is InChI=1S/C10H17F3N2O2/c1-2-17-15-9(16)14-8(10(11,12)13)7-5-3-4-6-7/h7-8H,2-6H2,1H3,(H2,14,15,16)/t8-/m1/s1. The Morgan fingerprint density at radius 2 is 2.00 bits per heavy atom. The molecule has 4 nitrogen and oxygen atoms in total. The van der Waals surface area contributed by atoms with Crippen LogP contribution in [0.4, 0.5) is 18.0 Å². The summed E-state index contributed by atoms with van der Waals surface area (Å²) in [6.45, 7) is 1.83. The van der Waals surface area contributed by atoms with Crippen LogP contribution in [-0.2, 0) is 4.84 Å². The van der Waals surface area contributed by atoms with Crippen molar-refractivity contribution in [3.05, 3.63) is 0 Å². The molecule has 1 saturated carbocycles. The molecule has 0 aromatic carbocycles. The predicted molar refractivity (Wildman–Crippen MR) is 55.1 cm³/mol. The molecule has 0 unspecified atom stereocenters. The van der Waals surface area contributed by atoms with Gasteiger partial charge in [0.25, 0.3) is 0 Å². The molecule has 0 saturated heterocycles. The van der Waals surface area contributed by atoms with Gasteiger partial charge in [0, 0.05) is 0 Å². The summed E-state index contributed by atoms with van der Waals surface area (Å²) in [5.41, 5.74) is 1.91. The van der Waals surface area contributed by atoms with Crippen LogP contribution >= 0.6 is 0 Å². The number of rotatable bonds is 4. The first-order chi connectivity index (χ1) is 7.95. The second-order valence-corrected chi connectivity index (χ2v) is 4.07. The van der Waals surface area contributed by atoms with Crippen LogP contribution in [0.2, 0.25) is 0 Å². The fraction of sp³-hybridized carbons (Fsp3) is 0.900. The normalized spacial score (nSPS) is 19.1. The number of nitrogens with one attached hydrogen (secondary N) is 2. The quantitative estimate of drug-likeness (QED) is 0.757. The second kappa shape index (κ2) is 6.09. The van der Waals surface area contributed by atoms with E-state index < -0.39 is 24.2 Å². The lowest BCUT2D eigenvalue weighted by Crippen LogP contribution is -2.52. The zero-order chi connectivity index (χ0) is 12.9. The highest BCUT2D eigenvalue weighted by Crippen LogP contribution is 2.35. The van der Waals surface area contributed by atoms with E-state index in [4.69, 9.17) is 0 Å². The van der Waals surface area contributed by atoms with Gasteiger partial charge in [0.2, 0.25) is 0 Å². The van der Waals surface area contributed by atoms with Crippen LogP contribution in [0, 0.1) is 5.92 Å². The van der Waals surface area contributed by atoms with Gasteiger partial charge in [-0.05, 0) is 25.7 Å². The molecule has 1 fully saturated rings. The third kappa shape index (κ3) is 4.41. The molecule has 0 heterocycles. The molecular weight excluding hydrogens is 237 g/mol. The Morgan fingerprint density at radius 3 is 2.47 bits per heavy atom. The van der Waals surface area contributed by atoms with Gasteiger partial charge in [-0.15, -0.1) is 0 Å². The van der Waals surface area contributed by atoms with Gasteiger partial charge in [0.05, 0.1) is 6.61 Å². The summed E-state index contributed by atoms with van der Waals surface area (Å²) in [6.07, 6.45) is -1.85.